The van der Waals surface area contributed by atoms with Crippen LogP contribution < -0.4 is 5.73 Å². The molecular weight excluding hydrogens is 220 g/mol. The molecule has 0 aromatic carbocycles. The second-order valence-electron chi connectivity index (χ2n) is 4.17. The molecule has 2 heterocycles. The standard InChI is InChI=1S/C11H16N4S/c1-6(2)9-10(14-15(4)11(9)12)8-5-13-7(3)16-8/h5-6H,12H2,1-4H3. The van der Waals surface area contributed by atoms with Crippen molar-refractivity contribution in [1.82, 2.24) is 14.8 Å². The Morgan fingerprint density at radius 2 is 2.12 bits per heavy atom. The van der Waals surface area contributed by atoms with Gasteiger partial charge in [0.2, 0.25) is 0 Å². The van der Waals surface area contributed by atoms with Crippen LogP contribution >= 0.6 is 11.3 Å². The van der Waals surface area contributed by atoms with Gasteiger partial charge in [0.25, 0.3) is 0 Å². The number of nitrogens with two attached hydrogens (primary N) is 1. The number of anilines is 1. The van der Waals surface area contributed by atoms with E-state index in [0.29, 0.717) is 5.92 Å². The molecule has 0 fully saturated rings. The Hall–Kier alpha value is -1.36. The Kier molecular flexibility index (Phi) is 2.71. The predicted molar refractivity (Wildman–Crippen MR) is 67.6 cm³/mol. The molecule has 0 aliphatic rings. The molecule has 0 bridgehead atoms. The van der Waals surface area contributed by atoms with Crippen molar-refractivity contribution < 1.29 is 0 Å². The van der Waals surface area contributed by atoms with Crippen LogP contribution in [0.15, 0.2) is 6.20 Å². The molecule has 2 N–H and O–H groups in total. The molecule has 5 heteroatoms. The topological polar surface area (TPSA) is 56.7 Å². The molecule has 2 aromatic heterocycles. The Morgan fingerprint density at radius 3 is 2.62 bits per heavy atom. The highest BCUT2D eigenvalue weighted by Crippen LogP contribution is 2.35. The van der Waals surface area contributed by atoms with Crippen molar-refractivity contribution in [3.05, 3.63) is 16.8 Å². The van der Waals surface area contributed by atoms with Crippen LogP contribution in [0, 0.1) is 6.92 Å². The maximum Gasteiger partial charge on any atom is 0.125 e. The van der Waals surface area contributed by atoms with E-state index in [4.69, 9.17) is 5.73 Å². The Balaban J connectivity index is 2.60. The summed E-state index contributed by atoms with van der Waals surface area (Å²) in [6, 6.07) is 0. The Labute approximate surface area is 99.1 Å². The van der Waals surface area contributed by atoms with Crippen LogP contribution in [-0.4, -0.2) is 14.8 Å². The SMILES string of the molecule is Cc1ncc(-c2nn(C)c(N)c2C(C)C)s1. The Morgan fingerprint density at radius 1 is 1.44 bits per heavy atom. The Bertz CT molecular complexity index is 510. The first-order valence-electron chi connectivity index (χ1n) is 5.26. The van der Waals surface area contributed by atoms with Crippen molar-refractivity contribution in [2.24, 2.45) is 7.05 Å². The maximum absolute atomic E-state index is 6.03. The lowest BCUT2D eigenvalue weighted by atomic mass is 10.0. The van der Waals surface area contributed by atoms with Gasteiger partial charge in [-0.3, -0.25) is 4.68 Å². The van der Waals surface area contributed by atoms with Gasteiger partial charge in [-0.1, -0.05) is 13.8 Å². The van der Waals surface area contributed by atoms with E-state index in [1.807, 2.05) is 20.2 Å². The maximum atomic E-state index is 6.03. The third kappa shape index (κ3) is 1.71. The third-order valence-corrected chi connectivity index (χ3v) is 3.48. The average molecular weight is 236 g/mol. The molecular formula is C11H16N4S. The molecule has 0 aliphatic heterocycles. The van der Waals surface area contributed by atoms with E-state index >= 15 is 0 Å². The largest absolute Gasteiger partial charge is 0.384 e. The van der Waals surface area contributed by atoms with Crippen LogP contribution in [0.2, 0.25) is 0 Å². The fourth-order valence-electron chi connectivity index (χ4n) is 1.78. The van der Waals surface area contributed by atoms with Gasteiger partial charge in [0, 0.05) is 18.8 Å². The van der Waals surface area contributed by atoms with Crippen molar-refractivity contribution >= 4 is 17.2 Å². The van der Waals surface area contributed by atoms with Crippen molar-refractivity contribution in [3.63, 3.8) is 0 Å². The van der Waals surface area contributed by atoms with E-state index in [1.165, 1.54) is 0 Å². The van der Waals surface area contributed by atoms with Gasteiger partial charge in [-0.25, -0.2) is 4.98 Å². The summed E-state index contributed by atoms with van der Waals surface area (Å²) in [6.07, 6.45) is 1.87. The van der Waals surface area contributed by atoms with Gasteiger partial charge in [0.15, 0.2) is 0 Å². The first-order chi connectivity index (χ1) is 7.50. The number of aromatic nitrogens is 3. The van der Waals surface area contributed by atoms with Crippen molar-refractivity contribution in [2.45, 2.75) is 26.7 Å². The van der Waals surface area contributed by atoms with E-state index < -0.39 is 0 Å². The minimum absolute atomic E-state index is 0.367. The lowest BCUT2D eigenvalue weighted by Crippen LogP contribution is -2.00. The highest BCUT2D eigenvalue weighted by molar-refractivity contribution is 7.15. The quantitative estimate of drug-likeness (QED) is 0.871. The van der Waals surface area contributed by atoms with E-state index in [1.54, 1.807) is 16.0 Å². The number of thiazole rings is 1. The predicted octanol–water partition coefficient (Wildman–Crippen LogP) is 2.56. The second-order valence-corrected chi connectivity index (χ2v) is 5.40. The molecule has 0 saturated carbocycles. The molecule has 0 atom stereocenters. The van der Waals surface area contributed by atoms with Crippen LogP contribution in [0.5, 0.6) is 0 Å². The number of rotatable bonds is 2. The van der Waals surface area contributed by atoms with E-state index in [2.05, 4.69) is 23.9 Å². The summed E-state index contributed by atoms with van der Waals surface area (Å²) in [5.41, 5.74) is 8.12. The van der Waals surface area contributed by atoms with E-state index in [-0.39, 0.29) is 0 Å². The van der Waals surface area contributed by atoms with Gasteiger partial charge in [-0.15, -0.1) is 11.3 Å². The van der Waals surface area contributed by atoms with Crippen LogP contribution in [0.3, 0.4) is 0 Å². The highest BCUT2D eigenvalue weighted by Gasteiger charge is 2.19. The molecule has 0 spiro atoms. The zero-order valence-electron chi connectivity index (χ0n) is 9.98. The van der Waals surface area contributed by atoms with Crippen LogP contribution in [0.25, 0.3) is 10.6 Å². The average Bonchev–Trinajstić information content (AvgIpc) is 2.73. The summed E-state index contributed by atoms with van der Waals surface area (Å²) in [5.74, 6) is 1.11. The number of hydrogen-bond acceptors (Lipinski definition) is 4. The minimum Gasteiger partial charge on any atom is -0.384 e. The van der Waals surface area contributed by atoms with Crippen molar-refractivity contribution in [1.29, 1.82) is 0 Å². The van der Waals surface area contributed by atoms with Crippen LogP contribution in [0.4, 0.5) is 5.82 Å². The highest BCUT2D eigenvalue weighted by atomic mass is 32.1. The minimum atomic E-state index is 0.367. The molecule has 0 unspecified atom stereocenters. The third-order valence-electron chi connectivity index (χ3n) is 2.56. The lowest BCUT2D eigenvalue weighted by Gasteiger charge is -2.05. The molecule has 0 aliphatic carbocycles. The second kappa shape index (κ2) is 3.90. The molecule has 0 saturated heterocycles. The molecule has 16 heavy (non-hydrogen) atoms. The zero-order chi connectivity index (χ0) is 11.9. The number of aryl methyl sites for hydroxylation is 2. The van der Waals surface area contributed by atoms with Gasteiger partial charge in [0.05, 0.1) is 9.88 Å². The summed E-state index contributed by atoms with van der Waals surface area (Å²) < 4.78 is 1.74. The summed E-state index contributed by atoms with van der Waals surface area (Å²) in [7, 11) is 1.87. The van der Waals surface area contributed by atoms with Crippen LogP contribution in [0.1, 0.15) is 30.3 Å². The molecule has 0 amide bonds. The first-order valence-corrected chi connectivity index (χ1v) is 6.07. The normalized spacial score (nSPS) is 11.3. The smallest absolute Gasteiger partial charge is 0.125 e. The fraction of sp³-hybridized carbons (Fsp3) is 0.455. The number of hydrogen-bond donors (Lipinski definition) is 1. The van der Waals surface area contributed by atoms with E-state index in [9.17, 15) is 0 Å². The molecule has 2 aromatic rings. The summed E-state index contributed by atoms with van der Waals surface area (Å²) in [6.45, 7) is 6.26. The first kappa shape index (κ1) is 11.1. The van der Waals surface area contributed by atoms with Crippen molar-refractivity contribution in [3.8, 4) is 10.6 Å². The molecule has 86 valence electrons. The van der Waals surface area contributed by atoms with Gasteiger partial charge >= 0.3 is 0 Å². The zero-order valence-corrected chi connectivity index (χ0v) is 10.8. The molecule has 2 rings (SSSR count). The number of nitrogen functional groups attached to an aromatic ring is 1. The number of nitrogens with zero attached hydrogens (tertiary/aromatic N) is 3. The van der Waals surface area contributed by atoms with Gasteiger partial charge in [-0.05, 0) is 12.8 Å². The van der Waals surface area contributed by atoms with Gasteiger partial charge < -0.3 is 5.73 Å². The monoisotopic (exact) mass is 236 g/mol. The molecule has 4 nitrogen and oxygen atoms in total. The summed E-state index contributed by atoms with van der Waals surface area (Å²) in [4.78, 5) is 5.35. The van der Waals surface area contributed by atoms with Gasteiger partial charge in [0.1, 0.15) is 11.5 Å². The fourth-order valence-corrected chi connectivity index (χ4v) is 2.55. The summed E-state index contributed by atoms with van der Waals surface area (Å²) in [5, 5.41) is 5.53. The lowest BCUT2D eigenvalue weighted by molar-refractivity contribution is 0.780. The van der Waals surface area contributed by atoms with Crippen LogP contribution in [-0.2, 0) is 7.05 Å². The van der Waals surface area contributed by atoms with E-state index in [0.717, 1.165) is 27.0 Å². The van der Waals surface area contributed by atoms with Gasteiger partial charge in [-0.2, -0.15) is 5.10 Å². The molecule has 0 radical (unpaired) electrons. The van der Waals surface area contributed by atoms with Crippen molar-refractivity contribution in [2.75, 3.05) is 5.73 Å². The summed E-state index contributed by atoms with van der Waals surface area (Å²) >= 11 is 1.65.